The number of hydrogen-bond donors (Lipinski definition) is 4. The molecule has 0 radical (unpaired) electrons. The van der Waals surface area contributed by atoms with Gasteiger partial charge in [-0.3, -0.25) is 4.79 Å². The minimum absolute atomic E-state index is 0.0683. The average Bonchev–Trinajstić information content (AvgIpc) is 3.11. The molecule has 10 heteroatoms. The quantitative estimate of drug-likeness (QED) is 0.406. The summed E-state index contributed by atoms with van der Waals surface area (Å²) in [5, 5.41) is 6.32. The van der Waals surface area contributed by atoms with Crippen LogP contribution in [0, 0.1) is 18.6 Å². The molecule has 0 aliphatic carbocycles. The number of amides is 1. The molecule has 7 nitrogen and oxygen atoms in total. The van der Waals surface area contributed by atoms with E-state index in [1.54, 1.807) is 19.1 Å². The maximum Gasteiger partial charge on any atom is 0.250 e. The second kappa shape index (κ2) is 8.97. The lowest BCUT2D eigenvalue weighted by atomic mass is 10.0. The highest BCUT2D eigenvalue weighted by atomic mass is 32.1. The van der Waals surface area contributed by atoms with Gasteiger partial charge < -0.3 is 26.9 Å². The number of benzene rings is 2. The van der Waals surface area contributed by atoms with Crippen molar-refractivity contribution in [3.8, 4) is 0 Å². The van der Waals surface area contributed by atoms with Crippen molar-refractivity contribution in [2.75, 3.05) is 10.6 Å². The molecule has 30 heavy (non-hydrogen) atoms. The van der Waals surface area contributed by atoms with Crippen molar-refractivity contribution in [1.82, 2.24) is 4.37 Å². The smallest absolute Gasteiger partial charge is 0.250 e. The second-order valence-electron chi connectivity index (χ2n) is 6.59. The van der Waals surface area contributed by atoms with Gasteiger partial charge in [0.25, 0.3) is 5.91 Å². The summed E-state index contributed by atoms with van der Waals surface area (Å²) in [6.45, 7) is 1.80. The Morgan fingerprint density at radius 3 is 2.57 bits per heavy atom. The van der Waals surface area contributed by atoms with Gasteiger partial charge in [-0.1, -0.05) is 12.1 Å². The van der Waals surface area contributed by atoms with Gasteiger partial charge in [0.1, 0.15) is 29.0 Å². The highest BCUT2D eigenvalue weighted by Gasteiger charge is 2.22. The molecule has 3 rings (SSSR count). The molecule has 0 saturated heterocycles. The molecule has 2 unspecified atom stereocenters. The van der Waals surface area contributed by atoms with Crippen LogP contribution in [0.3, 0.4) is 0 Å². The van der Waals surface area contributed by atoms with Crippen LogP contribution in [-0.2, 0) is 4.79 Å². The molecule has 0 fully saturated rings. The van der Waals surface area contributed by atoms with E-state index in [1.807, 2.05) is 0 Å². The predicted octanol–water partition coefficient (Wildman–Crippen LogP) is 3.25. The van der Waals surface area contributed by atoms with Gasteiger partial charge in [-0.25, -0.2) is 8.78 Å². The Morgan fingerprint density at radius 2 is 1.97 bits per heavy atom. The Morgan fingerprint density at radius 1 is 1.20 bits per heavy atom. The van der Waals surface area contributed by atoms with Crippen LogP contribution in [0.2, 0.25) is 0 Å². The van der Waals surface area contributed by atoms with E-state index in [-0.39, 0.29) is 16.9 Å². The number of aromatic nitrogens is 1. The van der Waals surface area contributed by atoms with Crippen molar-refractivity contribution in [3.63, 3.8) is 0 Å². The van der Waals surface area contributed by atoms with Crippen molar-refractivity contribution in [1.29, 1.82) is 0 Å². The molecule has 1 aromatic heterocycles. The zero-order valence-electron chi connectivity index (χ0n) is 15.9. The van der Waals surface area contributed by atoms with Gasteiger partial charge in [-0.05, 0) is 54.4 Å². The zero-order valence-corrected chi connectivity index (χ0v) is 16.7. The Labute approximate surface area is 175 Å². The summed E-state index contributed by atoms with van der Waals surface area (Å²) in [6.07, 6.45) is 0.511. The van der Waals surface area contributed by atoms with Gasteiger partial charge in [-0.15, -0.1) is 0 Å². The first-order valence-corrected chi connectivity index (χ1v) is 9.62. The molecule has 2 aromatic carbocycles. The number of rotatable bonds is 8. The monoisotopic (exact) mass is 431 g/mol. The van der Waals surface area contributed by atoms with E-state index in [0.717, 1.165) is 23.3 Å². The molecule has 0 spiro atoms. The molecule has 0 aliphatic rings. The molecule has 3 aromatic rings. The standard InChI is InChI=1S/C20H19F2N5O2S/c1-10-5-18(30-27-10)26-15-8-16(14(22)7-13(15)20(24)29)25-17(9-28)19(23)11-3-2-4-12(21)6-11/h2-9,17,19,25-26H,23H2,1H3,(H2,24,29). The molecule has 1 heterocycles. The first-order chi connectivity index (χ1) is 14.3. The number of anilines is 3. The predicted molar refractivity (Wildman–Crippen MR) is 112 cm³/mol. The maximum absolute atomic E-state index is 14.6. The van der Waals surface area contributed by atoms with E-state index in [1.165, 1.54) is 24.3 Å². The molecule has 0 saturated carbocycles. The van der Waals surface area contributed by atoms with Crippen LogP contribution in [0.1, 0.15) is 27.7 Å². The Balaban J connectivity index is 1.92. The molecular formula is C20H19F2N5O2S. The molecule has 6 N–H and O–H groups in total. The van der Waals surface area contributed by atoms with Gasteiger partial charge in [0.05, 0.1) is 28.7 Å². The number of halogens is 2. The van der Waals surface area contributed by atoms with E-state index in [2.05, 4.69) is 15.0 Å². The van der Waals surface area contributed by atoms with Crippen LogP contribution < -0.4 is 22.1 Å². The fraction of sp³-hybridized carbons (Fsp3) is 0.150. The second-order valence-corrected chi connectivity index (χ2v) is 7.39. The van der Waals surface area contributed by atoms with Gasteiger partial charge in [0.15, 0.2) is 0 Å². The number of carbonyl (C=O) groups is 2. The number of aldehydes is 1. The van der Waals surface area contributed by atoms with Crippen molar-refractivity contribution in [2.45, 2.75) is 19.0 Å². The molecule has 156 valence electrons. The van der Waals surface area contributed by atoms with E-state index in [9.17, 15) is 18.4 Å². The van der Waals surface area contributed by atoms with Gasteiger partial charge in [-0.2, -0.15) is 4.37 Å². The summed E-state index contributed by atoms with van der Waals surface area (Å²) < 4.78 is 32.3. The molecule has 0 bridgehead atoms. The molecule has 1 amide bonds. The van der Waals surface area contributed by atoms with Crippen LogP contribution >= 0.6 is 11.5 Å². The van der Waals surface area contributed by atoms with Gasteiger partial charge in [0.2, 0.25) is 0 Å². The van der Waals surface area contributed by atoms with Crippen LogP contribution in [0.25, 0.3) is 0 Å². The summed E-state index contributed by atoms with van der Waals surface area (Å²) in [6, 6.07) is 7.53. The number of primary amides is 1. The van der Waals surface area contributed by atoms with E-state index >= 15 is 0 Å². The summed E-state index contributed by atoms with van der Waals surface area (Å²) >= 11 is 1.16. The zero-order chi connectivity index (χ0) is 21.8. The number of nitrogens with one attached hydrogen (secondary N) is 2. The first-order valence-electron chi connectivity index (χ1n) is 8.85. The van der Waals surface area contributed by atoms with Crippen LogP contribution in [-0.4, -0.2) is 22.6 Å². The first kappa shape index (κ1) is 21.3. The topological polar surface area (TPSA) is 123 Å². The Bertz CT molecular complexity index is 1090. The molecule has 2 atom stereocenters. The van der Waals surface area contributed by atoms with Gasteiger partial charge in [0, 0.05) is 0 Å². The van der Waals surface area contributed by atoms with E-state index in [0.29, 0.717) is 16.9 Å². The number of nitrogens with two attached hydrogens (primary N) is 2. The fourth-order valence-corrected chi connectivity index (χ4v) is 3.53. The van der Waals surface area contributed by atoms with Gasteiger partial charge >= 0.3 is 0 Å². The molecule has 0 aliphatic heterocycles. The third-order valence-corrected chi connectivity index (χ3v) is 5.14. The van der Waals surface area contributed by atoms with Crippen molar-refractivity contribution in [2.24, 2.45) is 11.5 Å². The normalized spacial score (nSPS) is 12.8. The summed E-state index contributed by atoms with van der Waals surface area (Å²) in [5.41, 5.74) is 12.7. The Kier molecular flexibility index (Phi) is 6.38. The largest absolute Gasteiger partial charge is 0.372 e. The SMILES string of the molecule is Cc1cc(Nc2cc(NC(C=O)C(N)c3cccc(F)c3)c(F)cc2C(N)=O)sn1. The Hall–Kier alpha value is -3.37. The van der Waals surface area contributed by atoms with Crippen molar-refractivity contribution >= 4 is 40.1 Å². The minimum atomic E-state index is -1.06. The fourth-order valence-electron chi connectivity index (χ4n) is 2.86. The van der Waals surface area contributed by atoms with Crippen molar-refractivity contribution in [3.05, 3.63) is 70.9 Å². The van der Waals surface area contributed by atoms with Crippen molar-refractivity contribution < 1.29 is 18.4 Å². The van der Waals surface area contributed by atoms with Crippen LogP contribution in [0.4, 0.5) is 25.2 Å². The highest BCUT2D eigenvalue weighted by molar-refractivity contribution is 7.10. The summed E-state index contributed by atoms with van der Waals surface area (Å²) in [4.78, 5) is 23.4. The number of carbonyl (C=O) groups excluding carboxylic acids is 2. The lowest BCUT2D eigenvalue weighted by Crippen LogP contribution is -2.35. The van der Waals surface area contributed by atoms with E-state index < -0.39 is 29.6 Å². The number of hydrogen-bond acceptors (Lipinski definition) is 7. The maximum atomic E-state index is 14.6. The molecular weight excluding hydrogens is 412 g/mol. The number of aryl methyl sites for hydroxylation is 1. The number of nitrogens with zero attached hydrogens (tertiary/aromatic N) is 1. The lowest BCUT2D eigenvalue weighted by Gasteiger charge is -2.22. The van der Waals surface area contributed by atoms with E-state index in [4.69, 9.17) is 11.5 Å². The highest BCUT2D eigenvalue weighted by Crippen LogP contribution is 2.30. The van der Waals surface area contributed by atoms with Crippen LogP contribution in [0.5, 0.6) is 0 Å². The third kappa shape index (κ3) is 4.78. The summed E-state index contributed by atoms with van der Waals surface area (Å²) in [7, 11) is 0. The summed E-state index contributed by atoms with van der Waals surface area (Å²) in [5.74, 6) is -2.13. The third-order valence-electron chi connectivity index (χ3n) is 4.35. The minimum Gasteiger partial charge on any atom is -0.372 e. The lowest BCUT2D eigenvalue weighted by molar-refractivity contribution is -0.108. The average molecular weight is 431 g/mol. The van der Waals surface area contributed by atoms with Crippen LogP contribution in [0.15, 0.2) is 42.5 Å².